The molecule has 0 radical (unpaired) electrons. The summed E-state index contributed by atoms with van der Waals surface area (Å²) in [5, 5.41) is 3.22. The average molecular weight is 292 g/mol. The molecule has 0 bridgehead atoms. The van der Waals surface area contributed by atoms with Gasteiger partial charge in [0.25, 0.3) is 0 Å². The first-order chi connectivity index (χ1) is 9.85. The van der Waals surface area contributed by atoms with E-state index in [1.807, 2.05) is 13.0 Å². The lowest BCUT2D eigenvalue weighted by Gasteiger charge is -2.19. The summed E-state index contributed by atoms with van der Waals surface area (Å²) in [6.07, 6.45) is 0.713. The molecule has 0 heterocycles. The fraction of sp³-hybridized carbons (Fsp3) is 0.500. The predicted molar refractivity (Wildman–Crippen MR) is 81.8 cm³/mol. The number of amides is 1. The number of primary amides is 1. The van der Waals surface area contributed by atoms with Gasteiger partial charge in [0.1, 0.15) is 6.04 Å². The van der Waals surface area contributed by atoms with Crippen molar-refractivity contribution in [1.82, 2.24) is 5.32 Å². The molecule has 0 aliphatic heterocycles. The molecular weight excluding hydrogens is 268 g/mol. The molecule has 1 unspecified atom stereocenters. The highest BCUT2D eigenvalue weighted by Crippen LogP contribution is 2.12. The Kier molecular flexibility index (Phi) is 6.37. The zero-order chi connectivity index (χ0) is 16.0. The summed E-state index contributed by atoms with van der Waals surface area (Å²) < 4.78 is 4.82. The van der Waals surface area contributed by atoms with E-state index in [0.717, 1.165) is 11.1 Å². The van der Waals surface area contributed by atoms with E-state index in [4.69, 9.17) is 10.5 Å². The third-order valence-electron chi connectivity index (χ3n) is 3.36. The van der Waals surface area contributed by atoms with Crippen molar-refractivity contribution < 1.29 is 14.3 Å². The zero-order valence-electron chi connectivity index (χ0n) is 13.1. The average Bonchev–Trinajstić information content (AvgIpc) is 2.42. The van der Waals surface area contributed by atoms with Gasteiger partial charge < -0.3 is 15.8 Å². The first kappa shape index (κ1) is 17.2. The van der Waals surface area contributed by atoms with Crippen molar-refractivity contribution in [2.75, 3.05) is 7.11 Å². The second-order valence-corrected chi connectivity index (χ2v) is 5.59. The number of carbonyl (C=O) groups excluding carboxylic acids is 2. The SMILES string of the molecule is COC(=O)C(CC(C)C)NCc1ccc(C(N)=O)cc1C. The molecule has 0 saturated carbocycles. The largest absolute Gasteiger partial charge is 0.468 e. The lowest BCUT2D eigenvalue weighted by Crippen LogP contribution is -2.38. The molecule has 3 N–H and O–H groups in total. The second-order valence-electron chi connectivity index (χ2n) is 5.59. The van der Waals surface area contributed by atoms with E-state index >= 15 is 0 Å². The van der Waals surface area contributed by atoms with Crippen molar-refractivity contribution in [3.63, 3.8) is 0 Å². The number of hydrogen-bond acceptors (Lipinski definition) is 4. The molecule has 1 rings (SSSR count). The Morgan fingerprint density at radius 2 is 2.00 bits per heavy atom. The smallest absolute Gasteiger partial charge is 0.322 e. The Bertz CT molecular complexity index is 512. The Hall–Kier alpha value is -1.88. The van der Waals surface area contributed by atoms with E-state index in [1.165, 1.54) is 7.11 Å². The van der Waals surface area contributed by atoms with Gasteiger partial charge in [-0.2, -0.15) is 0 Å². The van der Waals surface area contributed by atoms with Crippen LogP contribution in [0.4, 0.5) is 0 Å². The predicted octanol–water partition coefficient (Wildman–Crippen LogP) is 1.77. The minimum atomic E-state index is -0.440. The number of aryl methyl sites for hydroxylation is 1. The van der Waals surface area contributed by atoms with Crippen molar-refractivity contribution >= 4 is 11.9 Å². The molecule has 1 atom stereocenters. The number of nitrogens with two attached hydrogens (primary N) is 1. The number of methoxy groups -OCH3 is 1. The van der Waals surface area contributed by atoms with Crippen molar-refractivity contribution in [2.45, 2.75) is 39.8 Å². The van der Waals surface area contributed by atoms with Crippen LogP contribution >= 0.6 is 0 Å². The molecule has 1 aromatic carbocycles. The van der Waals surface area contributed by atoms with Gasteiger partial charge in [-0.1, -0.05) is 19.9 Å². The van der Waals surface area contributed by atoms with Crippen LogP contribution in [0, 0.1) is 12.8 Å². The summed E-state index contributed by atoms with van der Waals surface area (Å²) in [5.41, 5.74) is 7.73. The van der Waals surface area contributed by atoms with E-state index in [9.17, 15) is 9.59 Å². The summed E-state index contributed by atoms with van der Waals surface area (Å²) >= 11 is 0. The summed E-state index contributed by atoms with van der Waals surface area (Å²) in [6.45, 7) is 6.57. The quantitative estimate of drug-likeness (QED) is 0.750. The minimum absolute atomic E-state index is 0.255. The van der Waals surface area contributed by atoms with Gasteiger partial charge >= 0.3 is 5.97 Å². The highest BCUT2D eigenvalue weighted by atomic mass is 16.5. The maximum absolute atomic E-state index is 11.8. The molecule has 116 valence electrons. The Balaban J connectivity index is 2.75. The van der Waals surface area contributed by atoms with Crippen LogP contribution in [0.3, 0.4) is 0 Å². The molecule has 5 heteroatoms. The number of carbonyl (C=O) groups is 2. The van der Waals surface area contributed by atoms with Crippen LogP contribution in [0.15, 0.2) is 18.2 Å². The first-order valence-corrected chi connectivity index (χ1v) is 7.05. The Morgan fingerprint density at radius 3 is 2.48 bits per heavy atom. The third kappa shape index (κ3) is 5.19. The van der Waals surface area contributed by atoms with Gasteiger partial charge in [0.15, 0.2) is 0 Å². The molecule has 5 nitrogen and oxygen atoms in total. The second kappa shape index (κ2) is 7.78. The molecule has 21 heavy (non-hydrogen) atoms. The number of hydrogen-bond donors (Lipinski definition) is 2. The highest BCUT2D eigenvalue weighted by Gasteiger charge is 2.20. The van der Waals surface area contributed by atoms with Gasteiger partial charge in [-0.25, -0.2) is 0 Å². The van der Waals surface area contributed by atoms with E-state index in [1.54, 1.807) is 12.1 Å². The molecule has 0 aromatic heterocycles. The van der Waals surface area contributed by atoms with Crippen LogP contribution in [-0.4, -0.2) is 25.0 Å². The topological polar surface area (TPSA) is 81.4 Å². The van der Waals surface area contributed by atoms with Gasteiger partial charge in [0.05, 0.1) is 7.11 Å². The Morgan fingerprint density at radius 1 is 1.33 bits per heavy atom. The van der Waals surface area contributed by atoms with Gasteiger partial charge in [-0.15, -0.1) is 0 Å². The highest BCUT2D eigenvalue weighted by molar-refractivity contribution is 5.93. The monoisotopic (exact) mass is 292 g/mol. The normalized spacial score (nSPS) is 12.2. The molecule has 0 spiro atoms. The molecule has 1 amide bonds. The number of nitrogens with one attached hydrogen (secondary N) is 1. The van der Waals surface area contributed by atoms with Crippen LogP contribution < -0.4 is 11.1 Å². The van der Waals surface area contributed by atoms with Crippen LogP contribution in [-0.2, 0) is 16.1 Å². The van der Waals surface area contributed by atoms with Gasteiger partial charge in [-0.05, 0) is 42.5 Å². The lowest BCUT2D eigenvalue weighted by atomic mass is 10.0. The fourth-order valence-electron chi connectivity index (χ4n) is 2.16. The van der Waals surface area contributed by atoms with Crippen molar-refractivity contribution in [3.8, 4) is 0 Å². The van der Waals surface area contributed by atoms with Crippen LogP contribution in [0.25, 0.3) is 0 Å². The molecular formula is C16H24N2O3. The summed E-state index contributed by atoms with van der Waals surface area (Å²) in [4.78, 5) is 22.9. The van der Waals surface area contributed by atoms with Crippen LogP contribution in [0.2, 0.25) is 0 Å². The number of rotatable bonds is 7. The summed E-state index contributed by atoms with van der Waals surface area (Å²) in [5.74, 6) is -0.306. The first-order valence-electron chi connectivity index (χ1n) is 7.05. The van der Waals surface area contributed by atoms with E-state index in [0.29, 0.717) is 24.4 Å². The van der Waals surface area contributed by atoms with Gasteiger partial charge in [-0.3, -0.25) is 9.59 Å². The lowest BCUT2D eigenvalue weighted by molar-refractivity contribution is -0.143. The van der Waals surface area contributed by atoms with Gasteiger partial charge in [0, 0.05) is 12.1 Å². The summed E-state index contributed by atoms with van der Waals surface area (Å²) in [6, 6.07) is 4.98. The fourth-order valence-corrected chi connectivity index (χ4v) is 2.16. The maximum atomic E-state index is 11.8. The maximum Gasteiger partial charge on any atom is 0.322 e. The number of esters is 1. The minimum Gasteiger partial charge on any atom is -0.468 e. The third-order valence-corrected chi connectivity index (χ3v) is 3.36. The van der Waals surface area contributed by atoms with Crippen LogP contribution in [0.5, 0.6) is 0 Å². The molecule has 0 saturated heterocycles. The number of ether oxygens (including phenoxy) is 1. The number of benzene rings is 1. The molecule has 0 aliphatic rings. The zero-order valence-corrected chi connectivity index (χ0v) is 13.1. The Labute approximate surface area is 125 Å². The van der Waals surface area contributed by atoms with E-state index in [-0.39, 0.29) is 12.0 Å². The van der Waals surface area contributed by atoms with E-state index in [2.05, 4.69) is 19.2 Å². The van der Waals surface area contributed by atoms with Crippen LogP contribution in [0.1, 0.15) is 41.8 Å². The molecule has 0 fully saturated rings. The standard InChI is InChI=1S/C16H24N2O3/c1-10(2)7-14(16(20)21-4)18-9-13-6-5-12(15(17)19)8-11(13)3/h5-6,8,10,14,18H,7,9H2,1-4H3,(H2,17,19). The van der Waals surface area contributed by atoms with Crippen molar-refractivity contribution in [2.24, 2.45) is 11.7 Å². The molecule has 1 aromatic rings. The van der Waals surface area contributed by atoms with E-state index < -0.39 is 5.91 Å². The van der Waals surface area contributed by atoms with Gasteiger partial charge in [0.2, 0.25) is 5.91 Å². The molecule has 0 aliphatic carbocycles. The van der Waals surface area contributed by atoms with Crippen molar-refractivity contribution in [3.05, 3.63) is 34.9 Å². The van der Waals surface area contributed by atoms with Crippen molar-refractivity contribution in [1.29, 1.82) is 0 Å². The summed E-state index contributed by atoms with van der Waals surface area (Å²) in [7, 11) is 1.39.